The summed E-state index contributed by atoms with van der Waals surface area (Å²) < 4.78 is 6.19. The Balaban J connectivity index is 2.86. The van der Waals surface area contributed by atoms with E-state index in [1.165, 1.54) is 0 Å². The van der Waals surface area contributed by atoms with Crippen molar-refractivity contribution in [2.45, 2.75) is 77.3 Å². The number of carbonyl (C=O) groups is 1. The van der Waals surface area contributed by atoms with E-state index in [1.54, 1.807) is 6.92 Å². The van der Waals surface area contributed by atoms with Gasteiger partial charge in [0.1, 0.15) is 6.10 Å². The van der Waals surface area contributed by atoms with Crippen LogP contribution in [0.15, 0.2) is 0 Å². The molecule has 1 N–H and O–H groups in total. The molecule has 0 unspecified atom stereocenters. The molecule has 0 spiro atoms. The van der Waals surface area contributed by atoms with Crippen molar-refractivity contribution in [3.63, 3.8) is 0 Å². The van der Waals surface area contributed by atoms with Gasteiger partial charge in [0.15, 0.2) is 14.1 Å². The van der Waals surface area contributed by atoms with Crippen molar-refractivity contribution >= 4 is 14.1 Å². The molecule has 0 aromatic heterocycles. The lowest BCUT2D eigenvalue weighted by atomic mass is 9.78. The van der Waals surface area contributed by atoms with Crippen molar-refractivity contribution in [2.24, 2.45) is 5.92 Å². The predicted octanol–water partition coefficient (Wildman–Crippen LogP) is 3.13. The van der Waals surface area contributed by atoms with Gasteiger partial charge in [-0.2, -0.15) is 0 Å². The number of hydrogen-bond donors (Lipinski definition) is 1. The van der Waals surface area contributed by atoms with Gasteiger partial charge in [0, 0.05) is 12.3 Å². The van der Waals surface area contributed by atoms with E-state index in [-0.39, 0.29) is 16.7 Å². The van der Waals surface area contributed by atoms with Crippen molar-refractivity contribution in [1.29, 1.82) is 0 Å². The van der Waals surface area contributed by atoms with Crippen molar-refractivity contribution in [2.75, 3.05) is 0 Å². The molecule has 106 valence electrons. The summed E-state index contributed by atoms with van der Waals surface area (Å²) >= 11 is 0. The third kappa shape index (κ3) is 3.43. The average molecular weight is 272 g/mol. The van der Waals surface area contributed by atoms with Crippen LogP contribution in [-0.4, -0.2) is 30.9 Å². The highest BCUT2D eigenvalue weighted by atomic mass is 28.4. The molecule has 0 amide bonds. The van der Waals surface area contributed by atoms with Crippen LogP contribution in [0.4, 0.5) is 0 Å². The Kier molecular flexibility index (Phi) is 4.17. The van der Waals surface area contributed by atoms with Crippen LogP contribution in [-0.2, 0) is 9.22 Å². The largest absolute Gasteiger partial charge is 0.407 e. The zero-order valence-electron chi connectivity index (χ0n) is 12.8. The Bertz CT molecular complexity index is 328. The molecule has 0 radical (unpaired) electrons. The summed E-state index contributed by atoms with van der Waals surface area (Å²) in [6.07, 6.45) is 0.552. The van der Waals surface area contributed by atoms with Gasteiger partial charge in [0.05, 0.1) is 5.60 Å². The summed E-state index contributed by atoms with van der Waals surface area (Å²) in [5, 5.41) is 10.3. The first-order valence-electron chi connectivity index (χ1n) is 6.80. The van der Waals surface area contributed by atoms with E-state index in [1.807, 2.05) is 6.92 Å². The molecule has 0 bridgehead atoms. The smallest absolute Gasteiger partial charge is 0.193 e. The molecule has 0 aromatic carbocycles. The molecule has 3 atom stereocenters. The fourth-order valence-electron chi connectivity index (χ4n) is 2.29. The Morgan fingerprint density at radius 1 is 1.33 bits per heavy atom. The molecule has 1 aliphatic carbocycles. The van der Waals surface area contributed by atoms with Crippen LogP contribution in [0.1, 0.15) is 47.5 Å². The number of aliphatic hydroxyl groups is 1. The van der Waals surface area contributed by atoms with Gasteiger partial charge in [0.2, 0.25) is 0 Å². The minimum Gasteiger partial charge on any atom is -0.407 e. The summed E-state index contributed by atoms with van der Waals surface area (Å²) in [6, 6.07) is 0. The van der Waals surface area contributed by atoms with Crippen LogP contribution >= 0.6 is 0 Å². The van der Waals surface area contributed by atoms with Crippen LogP contribution in [0.3, 0.4) is 0 Å². The molecule has 1 rings (SSSR count). The lowest BCUT2D eigenvalue weighted by molar-refractivity contribution is -0.142. The first-order valence-corrected chi connectivity index (χ1v) is 9.70. The average Bonchev–Trinajstić information content (AvgIpc) is 2.09. The number of carbonyl (C=O) groups excluding carboxylic acids is 1. The molecule has 1 fully saturated rings. The Morgan fingerprint density at radius 3 is 2.28 bits per heavy atom. The SMILES string of the molecule is C[C@@H]1C[C@@](C)(O)C[C@@H](O[Si](C)(C)C(C)(C)C)C1=O. The number of rotatable bonds is 2. The van der Waals surface area contributed by atoms with E-state index in [0.29, 0.717) is 12.8 Å². The monoisotopic (exact) mass is 272 g/mol. The number of ketones is 1. The first kappa shape index (κ1) is 15.9. The van der Waals surface area contributed by atoms with Crippen LogP contribution in [0, 0.1) is 5.92 Å². The van der Waals surface area contributed by atoms with Gasteiger partial charge in [0.25, 0.3) is 0 Å². The van der Waals surface area contributed by atoms with Gasteiger partial charge < -0.3 is 9.53 Å². The summed E-state index contributed by atoms with van der Waals surface area (Å²) in [6.45, 7) is 14.5. The van der Waals surface area contributed by atoms with E-state index in [0.717, 1.165) is 0 Å². The van der Waals surface area contributed by atoms with Gasteiger partial charge >= 0.3 is 0 Å². The third-order valence-corrected chi connectivity index (χ3v) is 8.90. The van der Waals surface area contributed by atoms with Crippen molar-refractivity contribution in [3.05, 3.63) is 0 Å². The minimum atomic E-state index is -1.96. The fourth-order valence-corrected chi connectivity index (χ4v) is 3.56. The van der Waals surface area contributed by atoms with E-state index in [2.05, 4.69) is 33.9 Å². The topological polar surface area (TPSA) is 46.5 Å². The molecule has 0 aliphatic heterocycles. The van der Waals surface area contributed by atoms with Gasteiger partial charge in [-0.25, -0.2) is 0 Å². The molecular formula is C14H28O3Si. The van der Waals surface area contributed by atoms with Crippen molar-refractivity contribution in [3.8, 4) is 0 Å². The van der Waals surface area contributed by atoms with Gasteiger partial charge in [-0.05, 0) is 31.5 Å². The lowest BCUT2D eigenvalue weighted by Gasteiger charge is -2.43. The van der Waals surface area contributed by atoms with Crippen LogP contribution in [0.5, 0.6) is 0 Å². The Hall–Kier alpha value is -0.193. The second-order valence-corrected chi connectivity index (χ2v) is 12.3. The highest BCUT2D eigenvalue weighted by molar-refractivity contribution is 6.74. The fraction of sp³-hybridized carbons (Fsp3) is 0.929. The van der Waals surface area contributed by atoms with E-state index in [9.17, 15) is 9.90 Å². The minimum absolute atomic E-state index is 0.0832. The maximum Gasteiger partial charge on any atom is 0.193 e. The molecule has 1 aliphatic rings. The molecular weight excluding hydrogens is 244 g/mol. The molecule has 3 nitrogen and oxygen atoms in total. The maximum absolute atomic E-state index is 12.2. The van der Waals surface area contributed by atoms with E-state index >= 15 is 0 Å². The van der Waals surface area contributed by atoms with Gasteiger partial charge in [-0.15, -0.1) is 0 Å². The highest BCUT2D eigenvalue weighted by Gasteiger charge is 2.46. The van der Waals surface area contributed by atoms with Crippen molar-refractivity contribution in [1.82, 2.24) is 0 Å². The van der Waals surface area contributed by atoms with Gasteiger partial charge in [-0.3, -0.25) is 4.79 Å². The molecule has 0 aromatic rings. The number of hydrogen-bond acceptors (Lipinski definition) is 3. The lowest BCUT2D eigenvalue weighted by Crippen LogP contribution is -2.52. The van der Waals surface area contributed by atoms with Crippen LogP contribution in [0.25, 0.3) is 0 Å². The summed E-state index contributed by atoms with van der Waals surface area (Å²) in [7, 11) is -1.96. The zero-order chi connectivity index (χ0) is 14.4. The third-order valence-electron chi connectivity index (χ3n) is 4.42. The van der Waals surface area contributed by atoms with Crippen LogP contribution in [0.2, 0.25) is 18.1 Å². The quantitative estimate of drug-likeness (QED) is 0.786. The second kappa shape index (κ2) is 4.73. The van der Waals surface area contributed by atoms with Gasteiger partial charge in [-0.1, -0.05) is 27.7 Å². The molecule has 0 heterocycles. The van der Waals surface area contributed by atoms with E-state index < -0.39 is 20.0 Å². The summed E-state index contributed by atoms with van der Waals surface area (Å²) in [4.78, 5) is 12.2. The normalized spacial score (nSPS) is 34.8. The summed E-state index contributed by atoms with van der Waals surface area (Å²) in [5.41, 5.74) is -0.777. The maximum atomic E-state index is 12.2. The summed E-state index contributed by atoms with van der Waals surface area (Å²) in [5.74, 6) is 0.0508. The Morgan fingerprint density at radius 2 is 1.83 bits per heavy atom. The highest BCUT2D eigenvalue weighted by Crippen LogP contribution is 2.40. The number of Topliss-reactive ketones (excluding diaryl/α,β-unsaturated/α-hetero) is 1. The molecule has 1 saturated carbocycles. The molecule has 18 heavy (non-hydrogen) atoms. The standard InChI is InChI=1S/C14H28O3Si/c1-10-8-14(5,16)9-11(12(10)15)17-18(6,7)13(2,3)4/h10-11,16H,8-9H2,1-7H3/t10-,11-,14-/m1/s1. The van der Waals surface area contributed by atoms with Crippen molar-refractivity contribution < 1.29 is 14.3 Å². The first-order chi connectivity index (χ1) is 7.86. The van der Waals surface area contributed by atoms with E-state index in [4.69, 9.17) is 4.43 Å². The van der Waals surface area contributed by atoms with Crippen LogP contribution < -0.4 is 0 Å². The molecule has 0 saturated heterocycles. The Labute approximate surface area is 112 Å². The second-order valence-electron chi connectivity index (χ2n) is 7.58. The predicted molar refractivity (Wildman–Crippen MR) is 76.1 cm³/mol. The zero-order valence-corrected chi connectivity index (χ0v) is 13.8. The molecule has 4 heteroatoms.